The molecule has 0 saturated carbocycles. The van der Waals surface area contributed by atoms with Crippen molar-refractivity contribution in [2.45, 2.75) is 19.2 Å². The van der Waals surface area contributed by atoms with Crippen LogP contribution in [0.2, 0.25) is 0 Å². The van der Waals surface area contributed by atoms with Gasteiger partial charge in [0.2, 0.25) is 0 Å². The first-order valence-electron chi connectivity index (χ1n) is 6.09. The number of ether oxygens (including phenoxy) is 2. The van der Waals surface area contributed by atoms with Crippen molar-refractivity contribution in [3.63, 3.8) is 0 Å². The molecular weight excluding hydrogens is 371 g/mol. The van der Waals surface area contributed by atoms with Crippen LogP contribution in [0.3, 0.4) is 0 Å². The number of amides is 1. The Hall–Kier alpha value is -1.77. The fraction of sp³-hybridized carbons (Fsp3) is 0.385. The molecule has 0 radical (unpaired) electrons. The smallest absolute Gasteiger partial charge is 0.405 e. The van der Waals surface area contributed by atoms with Gasteiger partial charge >= 0.3 is 12.1 Å². The van der Waals surface area contributed by atoms with Gasteiger partial charge < -0.3 is 14.8 Å². The average Bonchev–Trinajstić information content (AvgIpc) is 2.44. The third-order valence-corrected chi connectivity index (χ3v) is 2.82. The van der Waals surface area contributed by atoms with Crippen molar-refractivity contribution in [1.82, 2.24) is 5.32 Å². The molecule has 0 aliphatic heterocycles. The molecule has 22 heavy (non-hydrogen) atoms. The van der Waals surface area contributed by atoms with E-state index < -0.39 is 37.3 Å². The lowest BCUT2D eigenvalue weighted by Crippen LogP contribution is -2.37. The summed E-state index contributed by atoms with van der Waals surface area (Å²) in [6.45, 7) is -0.880. The quantitative estimate of drug-likeness (QED) is 0.766. The van der Waals surface area contributed by atoms with Crippen LogP contribution in [0.25, 0.3) is 0 Å². The molecule has 9 heteroatoms. The first-order chi connectivity index (χ1) is 10.2. The Balaban J connectivity index is 2.35. The summed E-state index contributed by atoms with van der Waals surface area (Å²) in [7, 11) is 0. The molecule has 1 rings (SSSR count). The molecule has 1 N–H and O–H groups in total. The number of alkyl halides is 3. The predicted octanol–water partition coefficient (Wildman–Crippen LogP) is 2.44. The maximum Gasteiger partial charge on any atom is 0.405 e. The molecule has 0 heterocycles. The zero-order chi connectivity index (χ0) is 16.8. The summed E-state index contributed by atoms with van der Waals surface area (Å²) >= 11 is 3.24. The summed E-state index contributed by atoms with van der Waals surface area (Å²) in [5.74, 6) is -1.49. The van der Waals surface area contributed by atoms with E-state index in [4.69, 9.17) is 4.74 Å². The summed E-state index contributed by atoms with van der Waals surface area (Å²) in [4.78, 5) is 22.6. The van der Waals surface area contributed by atoms with E-state index in [0.717, 1.165) is 4.47 Å². The van der Waals surface area contributed by atoms with E-state index in [1.165, 1.54) is 6.92 Å². The minimum absolute atomic E-state index is 0.411. The molecule has 0 aromatic heterocycles. The molecule has 122 valence electrons. The van der Waals surface area contributed by atoms with Crippen LogP contribution < -0.4 is 10.1 Å². The Labute approximate surface area is 132 Å². The van der Waals surface area contributed by atoms with Gasteiger partial charge in [0, 0.05) is 4.47 Å². The van der Waals surface area contributed by atoms with Gasteiger partial charge in [-0.25, -0.2) is 4.79 Å². The Morgan fingerprint density at radius 3 is 2.41 bits per heavy atom. The van der Waals surface area contributed by atoms with E-state index >= 15 is 0 Å². The maximum atomic E-state index is 11.9. The van der Waals surface area contributed by atoms with E-state index in [9.17, 15) is 22.8 Å². The number of benzene rings is 1. The molecule has 5 nitrogen and oxygen atoms in total. The van der Waals surface area contributed by atoms with Gasteiger partial charge in [-0.2, -0.15) is 13.2 Å². The monoisotopic (exact) mass is 383 g/mol. The molecule has 1 aromatic rings. The molecule has 1 aromatic carbocycles. The lowest BCUT2D eigenvalue weighted by molar-refractivity contribution is -0.156. The lowest BCUT2D eigenvalue weighted by atomic mass is 10.3. The number of halogens is 4. The third-order valence-electron chi connectivity index (χ3n) is 2.29. The van der Waals surface area contributed by atoms with Gasteiger partial charge in [0.05, 0.1) is 0 Å². The largest absolute Gasteiger partial charge is 0.479 e. The number of hydrogen-bond acceptors (Lipinski definition) is 4. The van der Waals surface area contributed by atoms with Crippen molar-refractivity contribution in [2.75, 3.05) is 13.2 Å². The molecular formula is C13H13BrF3NO4. The molecule has 0 spiro atoms. The van der Waals surface area contributed by atoms with Crippen LogP contribution in [0, 0.1) is 0 Å². The van der Waals surface area contributed by atoms with Gasteiger partial charge in [0.1, 0.15) is 12.3 Å². The van der Waals surface area contributed by atoms with Crippen molar-refractivity contribution in [1.29, 1.82) is 0 Å². The van der Waals surface area contributed by atoms with E-state index in [-0.39, 0.29) is 0 Å². The van der Waals surface area contributed by atoms with Crippen molar-refractivity contribution >= 4 is 27.8 Å². The van der Waals surface area contributed by atoms with Crippen LogP contribution in [0.5, 0.6) is 5.75 Å². The number of carbonyl (C=O) groups is 2. The first kappa shape index (κ1) is 18.3. The second-order valence-electron chi connectivity index (χ2n) is 4.21. The lowest BCUT2D eigenvalue weighted by Gasteiger charge is -2.14. The molecule has 0 saturated heterocycles. The fourth-order valence-corrected chi connectivity index (χ4v) is 1.53. The van der Waals surface area contributed by atoms with E-state index in [1.807, 2.05) is 0 Å². The van der Waals surface area contributed by atoms with Crippen molar-refractivity contribution in [2.24, 2.45) is 0 Å². The Morgan fingerprint density at radius 2 is 1.86 bits per heavy atom. The summed E-state index contributed by atoms with van der Waals surface area (Å²) in [5, 5.41) is 1.59. The molecule has 0 unspecified atom stereocenters. The highest BCUT2D eigenvalue weighted by Crippen LogP contribution is 2.17. The second kappa shape index (κ2) is 8.02. The highest BCUT2D eigenvalue weighted by atomic mass is 79.9. The number of nitrogens with one attached hydrogen (secondary N) is 1. The zero-order valence-electron chi connectivity index (χ0n) is 11.4. The summed E-state index contributed by atoms with van der Waals surface area (Å²) in [6.07, 6.45) is -5.52. The van der Waals surface area contributed by atoms with E-state index in [0.29, 0.717) is 5.75 Å². The van der Waals surface area contributed by atoms with Crippen molar-refractivity contribution < 1.29 is 32.2 Å². The number of esters is 1. The highest BCUT2D eigenvalue weighted by Gasteiger charge is 2.28. The summed E-state index contributed by atoms with van der Waals surface area (Å²) in [6, 6.07) is 6.64. The van der Waals surface area contributed by atoms with Crippen LogP contribution in [-0.2, 0) is 14.3 Å². The SMILES string of the molecule is C[C@@H](Oc1ccc(Br)cc1)C(=O)OCC(=O)NCC(F)(F)F. The molecule has 1 atom stereocenters. The molecule has 0 aliphatic rings. The molecule has 0 fully saturated rings. The maximum absolute atomic E-state index is 11.9. The van der Waals surface area contributed by atoms with Crippen LogP contribution in [0.1, 0.15) is 6.92 Å². The standard InChI is InChI=1S/C13H13BrF3NO4/c1-8(22-10-4-2-9(14)3-5-10)12(20)21-6-11(19)18-7-13(15,16)17/h2-5,8H,6-7H2,1H3,(H,18,19)/t8-/m1/s1. The van der Waals surface area contributed by atoms with E-state index in [2.05, 4.69) is 20.7 Å². The van der Waals surface area contributed by atoms with Crippen LogP contribution in [-0.4, -0.2) is 37.3 Å². The van der Waals surface area contributed by atoms with Gasteiger partial charge in [-0.05, 0) is 31.2 Å². The third kappa shape index (κ3) is 7.30. The molecule has 1 amide bonds. The van der Waals surface area contributed by atoms with Gasteiger partial charge in [-0.15, -0.1) is 0 Å². The minimum atomic E-state index is -4.52. The number of rotatable bonds is 6. The minimum Gasteiger partial charge on any atom is -0.479 e. The molecule has 0 bridgehead atoms. The Bertz CT molecular complexity index is 519. The highest BCUT2D eigenvalue weighted by molar-refractivity contribution is 9.10. The first-order valence-corrected chi connectivity index (χ1v) is 6.89. The molecule has 0 aliphatic carbocycles. The fourth-order valence-electron chi connectivity index (χ4n) is 1.27. The zero-order valence-corrected chi connectivity index (χ0v) is 13.0. The van der Waals surface area contributed by atoms with Crippen LogP contribution >= 0.6 is 15.9 Å². The van der Waals surface area contributed by atoms with E-state index in [1.54, 1.807) is 29.6 Å². The van der Waals surface area contributed by atoms with Crippen molar-refractivity contribution in [3.8, 4) is 5.75 Å². The average molecular weight is 384 g/mol. The van der Waals surface area contributed by atoms with Gasteiger partial charge in [0.15, 0.2) is 12.7 Å². The summed E-state index contributed by atoms with van der Waals surface area (Å²) in [5.41, 5.74) is 0. The number of hydrogen-bond donors (Lipinski definition) is 1. The predicted molar refractivity (Wildman–Crippen MR) is 74.3 cm³/mol. The van der Waals surface area contributed by atoms with Crippen LogP contribution in [0.15, 0.2) is 28.7 Å². The Morgan fingerprint density at radius 1 is 1.27 bits per heavy atom. The summed E-state index contributed by atoms with van der Waals surface area (Å²) < 4.78 is 46.3. The Kier molecular flexibility index (Phi) is 6.66. The van der Waals surface area contributed by atoms with Crippen molar-refractivity contribution in [3.05, 3.63) is 28.7 Å². The normalized spacial score (nSPS) is 12.4. The number of carbonyl (C=O) groups excluding carboxylic acids is 2. The van der Waals surface area contributed by atoms with Gasteiger partial charge in [-0.3, -0.25) is 4.79 Å². The van der Waals surface area contributed by atoms with Crippen LogP contribution in [0.4, 0.5) is 13.2 Å². The van der Waals surface area contributed by atoms with Gasteiger partial charge in [0.25, 0.3) is 5.91 Å². The second-order valence-corrected chi connectivity index (χ2v) is 5.13. The topological polar surface area (TPSA) is 64.6 Å². The van der Waals surface area contributed by atoms with Gasteiger partial charge in [-0.1, -0.05) is 15.9 Å².